The van der Waals surface area contributed by atoms with Crippen LogP contribution in [0.3, 0.4) is 0 Å². The van der Waals surface area contributed by atoms with Crippen molar-refractivity contribution < 1.29 is 0 Å². The molecule has 0 aliphatic heterocycles. The van der Waals surface area contributed by atoms with E-state index in [4.69, 9.17) is 5.84 Å². The third-order valence-corrected chi connectivity index (χ3v) is 3.85. The zero-order valence-corrected chi connectivity index (χ0v) is 11.9. The van der Waals surface area contributed by atoms with Crippen LogP contribution >= 0.6 is 0 Å². The Morgan fingerprint density at radius 2 is 1.83 bits per heavy atom. The average molecular weight is 246 g/mol. The van der Waals surface area contributed by atoms with Crippen LogP contribution in [0.2, 0.25) is 0 Å². The van der Waals surface area contributed by atoms with Gasteiger partial charge in [0.15, 0.2) is 0 Å². The number of hydrogen-bond acceptors (Lipinski definition) is 2. The first-order chi connectivity index (χ1) is 8.49. The SMILES string of the molecule is CC(C)(C)c1ccc(CC(CC2CC2)NN)cc1. The van der Waals surface area contributed by atoms with E-state index in [0.29, 0.717) is 6.04 Å². The van der Waals surface area contributed by atoms with Crippen LogP contribution in [0.25, 0.3) is 0 Å². The first-order valence-electron chi connectivity index (χ1n) is 7.04. The van der Waals surface area contributed by atoms with Gasteiger partial charge in [-0.2, -0.15) is 0 Å². The van der Waals surface area contributed by atoms with E-state index in [0.717, 1.165) is 12.3 Å². The zero-order valence-electron chi connectivity index (χ0n) is 11.9. The maximum absolute atomic E-state index is 5.65. The predicted octanol–water partition coefficient (Wildman–Crippen LogP) is 3.16. The van der Waals surface area contributed by atoms with Crippen molar-refractivity contribution in [3.8, 4) is 0 Å². The molecule has 1 atom stereocenters. The summed E-state index contributed by atoms with van der Waals surface area (Å²) in [4.78, 5) is 0. The maximum Gasteiger partial charge on any atom is 0.0253 e. The molecule has 0 heterocycles. The Kier molecular flexibility index (Phi) is 4.08. The summed E-state index contributed by atoms with van der Waals surface area (Å²) < 4.78 is 0. The highest BCUT2D eigenvalue weighted by molar-refractivity contribution is 5.28. The van der Waals surface area contributed by atoms with Gasteiger partial charge in [-0.05, 0) is 35.3 Å². The Morgan fingerprint density at radius 1 is 1.22 bits per heavy atom. The van der Waals surface area contributed by atoms with E-state index in [1.165, 1.54) is 30.4 Å². The molecule has 2 nitrogen and oxygen atoms in total. The lowest BCUT2D eigenvalue weighted by Gasteiger charge is -2.20. The standard InChI is InChI=1S/C16H26N2/c1-16(2,3)14-8-6-13(7-9-14)11-15(18-17)10-12-4-5-12/h6-9,12,15,18H,4-5,10-11,17H2,1-3H3. The van der Waals surface area contributed by atoms with Gasteiger partial charge < -0.3 is 0 Å². The highest BCUT2D eigenvalue weighted by Crippen LogP contribution is 2.34. The number of hydrogen-bond donors (Lipinski definition) is 2. The van der Waals surface area contributed by atoms with Crippen molar-refractivity contribution in [2.45, 2.75) is 57.9 Å². The Labute approximate surface area is 111 Å². The number of benzene rings is 1. The van der Waals surface area contributed by atoms with Crippen molar-refractivity contribution in [2.75, 3.05) is 0 Å². The van der Waals surface area contributed by atoms with Crippen molar-refractivity contribution in [3.63, 3.8) is 0 Å². The van der Waals surface area contributed by atoms with Crippen LogP contribution in [0.15, 0.2) is 24.3 Å². The summed E-state index contributed by atoms with van der Waals surface area (Å²) in [6.07, 6.45) is 5.04. The molecule has 0 saturated heterocycles. The largest absolute Gasteiger partial charge is 0.271 e. The molecule has 1 unspecified atom stereocenters. The fourth-order valence-electron chi connectivity index (χ4n) is 2.39. The molecule has 1 aromatic rings. The van der Waals surface area contributed by atoms with Gasteiger partial charge in [-0.15, -0.1) is 0 Å². The lowest BCUT2D eigenvalue weighted by molar-refractivity contribution is 0.466. The summed E-state index contributed by atoms with van der Waals surface area (Å²) in [6, 6.07) is 9.42. The minimum absolute atomic E-state index is 0.234. The Morgan fingerprint density at radius 3 is 2.28 bits per heavy atom. The second-order valence-electron chi connectivity index (χ2n) is 6.69. The van der Waals surface area contributed by atoms with Crippen LogP contribution in [0.5, 0.6) is 0 Å². The van der Waals surface area contributed by atoms with E-state index in [1.54, 1.807) is 0 Å². The Hall–Kier alpha value is -0.860. The van der Waals surface area contributed by atoms with Crippen LogP contribution in [0.1, 0.15) is 51.2 Å². The van der Waals surface area contributed by atoms with Crippen LogP contribution < -0.4 is 11.3 Å². The third-order valence-electron chi connectivity index (χ3n) is 3.85. The molecule has 1 aromatic carbocycles. The Bertz CT molecular complexity index is 371. The molecule has 0 bridgehead atoms. The van der Waals surface area contributed by atoms with Gasteiger partial charge in [0.2, 0.25) is 0 Å². The van der Waals surface area contributed by atoms with Crippen molar-refractivity contribution in [1.29, 1.82) is 0 Å². The molecule has 1 aliphatic carbocycles. The molecule has 18 heavy (non-hydrogen) atoms. The Balaban J connectivity index is 1.95. The molecule has 0 aromatic heterocycles. The first kappa shape index (κ1) is 13.6. The summed E-state index contributed by atoms with van der Waals surface area (Å²) in [7, 11) is 0. The molecule has 0 amide bonds. The van der Waals surface area contributed by atoms with Gasteiger partial charge in [0.05, 0.1) is 0 Å². The van der Waals surface area contributed by atoms with Gasteiger partial charge >= 0.3 is 0 Å². The smallest absolute Gasteiger partial charge is 0.0253 e. The van der Waals surface area contributed by atoms with E-state index < -0.39 is 0 Å². The molecular formula is C16H26N2. The third kappa shape index (κ3) is 3.82. The molecule has 2 rings (SSSR count). The van der Waals surface area contributed by atoms with Crippen LogP contribution in [0, 0.1) is 5.92 Å². The molecule has 0 radical (unpaired) electrons. The van der Waals surface area contributed by atoms with Crippen LogP contribution in [-0.4, -0.2) is 6.04 Å². The van der Waals surface area contributed by atoms with E-state index >= 15 is 0 Å². The highest BCUT2D eigenvalue weighted by atomic mass is 15.2. The molecule has 100 valence electrons. The summed E-state index contributed by atoms with van der Waals surface area (Å²) in [5.41, 5.74) is 5.98. The fourth-order valence-corrected chi connectivity index (χ4v) is 2.39. The van der Waals surface area contributed by atoms with Gasteiger partial charge in [0, 0.05) is 6.04 Å². The van der Waals surface area contributed by atoms with Crippen LogP contribution in [0.4, 0.5) is 0 Å². The highest BCUT2D eigenvalue weighted by Gasteiger charge is 2.25. The maximum atomic E-state index is 5.65. The van der Waals surface area contributed by atoms with Crippen molar-refractivity contribution in [2.24, 2.45) is 11.8 Å². The molecular weight excluding hydrogens is 220 g/mol. The van der Waals surface area contributed by atoms with E-state index in [9.17, 15) is 0 Å². The zero-order chi connectivity index (χ0) is 13.2. The monoisotopic (exact) mass is 246 g/mol. The molecule has 1 aliphatic rings. The minimum atomic E-state index is 0.234. The molecule has 2 heteroatoms. The minimum Gasteiger partial charge on any atom is -0.271 e. The van der Waals surface area contributed by atoms with Crippen LogP contribution in [-0.2, 0) is 11.8 Å². The second-order valence-corrected chi connectivity index (χ2v) is 6.69. The van der Waals surface area contributed by atoms with Gasteiger partial charge in [-0.3, -0.25) is 11.3 Å². The molecule has 0 spiro atoms. The number of hydrazine groups is 1. The normalized spacial score (nSPS) is 17.8. The quantitative estimate of drug-likeness (QED) is 0.618. The second kappa shape index (κ2) is 5.41. The van der Waals surface area contributed by atoms with E-state index in [2.05, 4.69) is 50.5 Å². The van der Waals surface area contributed by atoms with Crippen molar-refractivity contribution in [1.82, 2.24) is 5.43 Å². The van der Waals surface area contributed by atoms with E-state index in [1.807, 2.05) is 0 Å². The topological polar surface area (TPSA) is 38.0 Å². The average Bonchev–Trinajstić information content (AvgIpc) is 3.11. The lowest BCUT2D eigenvalue weighted by Crippen LogP contribution is -2.37. The van der Waals surface area contributed by atoms with Gasteiger partial charge in [0.25, 0.3) is 0 Å². The molecule has 1 saturated carbocycles. The lowest BCUT2D eigenvalue weighted by atomic mass is 9.86. The molecule has 1 fully saturated rings. The van der Waals surface area contributed by atoms with Gasteiger partial charge in [-0.25, -0.2) is 0 Å². The summed E-state index contributed by atoms with van der Waals surface area (Å²) in [5.74, 6) is 6.56. The molecule has 3 N–H and O–H groups in total. The number of nitrogens with one attached hydrogen (secondary N) is 1. The van der Waals surface area contributed by atoms with E-state index in [-0.39, 0.29) is 5.41 Å². The predicted molar refractivity (Wildman–Crippen MR) is 77.3 cm³/mol. The number of nitrogens with two attached hydrogens (primary N) is 1. The van der Waals surface area contributed by atoms with Crippen molar-refractivity contribution >= 4 is 0 Å². The van der Waals surface area contributed by atoms with Gasteiger partial charge in [0.1, 0.15) is 0 Å². The van der Waals surface area contributed by atoms with Gasteiger partial charge in [-0.1, -0.05) is 57.9 Å². The number of rotatable bonds is 5. The van der Waals surface area contributed by atoms with Crippen molar-refractivity contribution in [3.05, 3.63) is 35.4 Å². The summed E-state index contributed by atoms with van der Waals surface area (Å²) in [6.45, 7) is 6.75. The summed E-state index contributed by atoms with van der Waals surface area (Å²) >= 11 is 0. The first-order valence-corrected chi connectivity index (χ1v) is 7.04. The summed E-state index contributed by atoms with van der Waals surface area (Å²) in [5, 5.41) is 0. The fraction of sp³-hybridized carbons (Fsp3) is 0.625.